The molecule has 0 atom stereocenters. The SMILES string of the molecule is COc1cc2c(nc1C=O)CCCC2. The molecule has 1 aromatic rings. The summed E-state index contributed by atoms with van der Waals surface area (Å²) in [7, 11) is 1.57. The summed E-state index contributed by atoms with van der Waals surface area (Å²) in [5.41, 5.74) is 2.73. The number of pyridine rings is 1. The van der Waals surface area contributed by atoms with Crippen molar-refractivity contribution in [2.75, 3.05) is 7.11 Å². The zero-order valence-electron chi connectivity index (χ0n) is 8.25. The van der Waals surface area contributed by atoms with E-state index in [0.717, 1.165) is 24.8 Å². The Bertz CT molecular complexity index is 361. The van der Waals surface area contributed by atoms with E-state index in [1.165, 1.54) is 18.4 Å². The van der Waals surface area contributed by atoms with E-state index in [0.29, 0.717) is 11.4 Å². The maximum atomic E-state index is 10.7. The quantitative estimate of drug-likeness (QED) is 0.669. The Morgan fingerprint density at radius 3 is 2.93 bits per heavy atom. The highest BCUT2D eigenvalue weighted by Crippen LogP contribution is 2.25. The van der Waals surface area contributed by atoms with Gasteiger partial charge in [-0.3, -0.25) is 4.79 Å². The van der Waals surface area contributed by atoms with E-state index in [1.54, 1.807) is 7.11 Å². The largest absolute Gasteiger partial charge is 0.494 e. The van der Waals surface area contributed by atoms with Crippen LogP contribution in [0.1, 0.15) is 34.6 Å². The molecule has 0 radical (unpaired) electrons. The average Bonchev–Trinajstić information content (AvgIpc) is 2.27. The first-order valence-electron chi connectivity index (χ1n) is 4.87. The number of hydrogen-bond acceptors (Lipinski definition) is 3. The van der Waals surface area contributed by atoms with Gasteiger partial charge >= 0.3 is 0 Å². The van der Waals surface area contributed by atoms with Crippen molar-refractivity contribution in [3.05, 3.63) is 23.0 Å². The number of fused-ring (bicyclic) bond motifs is 1. The molecule has 1 aromatic heterocycles. The summed E-state index contributed by atoms with van der Waals surface area (Å²) in [4.78, 5) is 15.0. The van der Waals surface area contributed by atoms with Gasteiger partial charge in [-0.15, -0.1) is 0 Å². The van der Waals surface area contributed by atoms with Gasteiger partial charge in [-0.05, 0) is 37.3 Å². The first-order valence-corrected chi connectivity index (χ1v) is 4.87. The zero-order chi connectivity index (χ0) is 9.97. The lowest BCUT2D eigenvalue weighted by Gasteiger charge is -2.16. The van der Waals surface area contributed by atoms with Gasteiger partial charge in [0, 0.05) is 5.69 Å². The molecule has 0 amide bonds. The molecule has 14 heavy (non-hydrogen) atoms. The number of nitrogens with zero attached hydrogens (tertiary/aromatic N) is 1. The number of aldehydes is 1. The van der Waals surface area contributed by atoms with Crippen LogP contribution in [0.25, 0.3) is 0 Å². The van der Waals surface area contributed by atoms with Crippen molar-refractivity contribution in [2.24, 2.45) is 0 Å². The van der Waals surface area contributed by atoms with Crippen LogP contribution < -0.4 is 4.74 Å². The first kappa shape index (κ1) is 9.19. The second kappa shape index (κ2) is 3.78. The molecular formula is C11H13NO2. The molecule has 0 aromatic carbocycles. The summed E-state index contributed by atoms with van der Waals surface area (Å²) in [6.45, 7) is 0. The fraction of sp³-hybridized carbons (Fsp3) is 0.455. The van der Waals surface area contributed by atoms with Gasteiger partial charge in [0.05, 0.1) is 7.11 Å². The van der Waals surface area contributed by atoms with Gasteiger partial charge in [-0.1, -0.05) is 0 Å². The van der Waals surface area contributed by atoms with Gasteiger partial charge in [-0.2, -0.15) is 0 Å². The standard InChI is InChI=1S/C11H13NO2/c1-14-11-6-8-4-2-3-5-9(8)12-10(11)7-13/h6-7H,2-5H2,1H3. The fourth-order valence-electron chi connectivity index (χ4n) is 1.88. The average molecular weight is 191 g/mol. The molecule has 2 rings (SSSR count). The number of aromatic nitrogens is 1. The molecule has 74 valence electrons. The first-order chi connectivity index (χ1) is 6.85. The van der Waals surface area contributed by atoms with Crippen LogP contribution in [0, 0.1) is 0 Å². The van der Waals surface area contributed by atoms with E-state index in [9.17, 15) is 4.79 Å². The fourth-order valence-corrected chi connectivity index (χ4v) is 1.88. The second-order valence-corrected chi connectivity index (χ2v) is 3.51. The van der Waals surface area contributed by atoms with E-state index in [1.807, 2.05) is 6.07 Å². The van der Waals surface area contributed by atoms with Crippen LogP contribution in [0.4, 0.5) is 0 Å². The van der Waals surface area contributed by atoms with E-state index in [4.69, 9.17) is 4.74 Å². The summed E-state index contributed by atoms with van der Waals surface area (Å²) in [6.07, 6.45) is 5.18. The van der Waals surface area contributed by atoms with Crippen molar-refractivity contribution in [2.45, 2.75) is 25.7 Å². The lowest BCUT2D eigenvalue weighted by Crippen LogP contribution is -2.08. The maximum Gasteiger partial charge on any atom is 0.172 e. The van der Waals surface area contributed by atoms with Gasteiger partial charge in [0.2, 0.25) is 0 Å². The van der Waals surface area contributed by atoms with Crippen LogP contribution in [0.5, 0.6) is 5.75 Å². The smallest absolute Gasteiger partial charge is 0.172 e. The minimum atomic E-state index is 0.424. The van der Waals surface area contributed by atoms with Crippen molar-refractivity contribution >= 4 is 6.29 Å². The summed E-state index contributed by atoms with van der Waals surface area (Å²) in [6, 6.07) is 1.95. The summed E-state index contributed by atoms with van der Waals surface area (Å²) in [5, 5.41) is 0. The van der Waals surface area contributed by atoms with Crippen LogP contribution in [0.15, 0.2) is 6.07 Å². The van der Waals surface area contributed by atoms with Crippen LogP contribution >= 0.6 is 0 Å². The summed E-state index contributed by atoms with van der Waals surface area (Å²) < 4.78 is 5.11. The Balaban J connectivity index is 2.48. The Kier molecular flexibility index (Phi) is 2.48. The summed E-state index contributed by atoms with van der Waals surface area (Å²) in [5.74, 6) is 0.598. The number of hydrogen-bond donors (Lipinski definition) is 0. The molecule has 0 spiro atoms. The van der Waals surface area contributed by atoms with Crippen LogP contribution in [0.2, 0.25) is 0 Å². The molecule has 3 heteroatoms. The molecule has 3 nitrogen and oxygen atoms in total. The number of carbonyl (C=O) groups is 1. The van der Waals surface area contributed by atoms with Crippen LogP contribution in [-0.4, -0.2) is 18.4 Å². The molecule has 0 N–H and O–H groups in total. The van der Waals surface area contributed by atoms with Gasteiger partial charge in [-0.25, -0.2) is 4.98 Å². The molecule has 0 saturated heterocycles. The minimum absolute atomic E-state index is 0.424. The molecule has 1 aliphatic rings. The molecule has 1 heterocycles. The zero-order valence-corrected chi connectivity index (χ0v) is 8.25. The van der Waals surface area contributed by atoms with Crippen LogP contribution in [-0.2, 0) is 12.8 Å². The lowest BCUT2D eigenvalue weighted by molar-refractivity contribution is 0.111. The highest BCUT2D eigenvalue weighted by Gasteiger charge is 2.14. The lowest BCUT2D eigenvalue weighted by atomic mass is 9.95. The van der Waals surface area contributed by atoms with E-state index in [-0.39, 0.29) is 0 Å². The number of rotatable bonds is 2. The molecule has 0 unspecified atom stereocenters. The second-order valence-electron chi connectivity index (χ2n) is 3.51. The molecule has 0 bridgehead atoms. The highest BCUT2D eigenvalue weighted by molar-refractivity contribution is 5.76. The van der Waals surface area contributed by atoms with Gasteiger partial charge in [0.25, 0.3) is 0 Å². The van der Waals surface area contributed by atoms with Crippen LogP contribution in [0.3, 0.4) is 0 Å². The van der Waals surface area contributed by atoms with Crippen molar-refractivity contribution in [1.82, 2.24) is 4.98 Å². The Hall–Kier alpha value is -1.38. The monoisotopic (exact) mass is 191 g/mol. The molecule has 1 aliphatic carbocycles. The third kappa shape index (κ3) is 1.50. The Labute approximate surface area is 83.1 Å². The predicted molar refractivity (Wildman–Crippen MR) is 52.8 cm³/mol. The summed E-state index contributed by atoms with van der Waals surface area (Å²) >= 11 is 0. The maximum absolute atomic E-state index is 10.7. The predicted octanol–water partition coefficient (Wildman–Crippen LogP) is 1.78. The third-order valence-corrected chi connectivity index (χ3v) is 2.63. The topological polar surface area (TPSA) is 39.2 Å². The minimum Gasteiger partial charge on any atom is -0.494 e. The van der Waals surface area contributed by atoms with E-state index in [2.05, 4.69) is 4.98 Å². The van der Waals surface area contributed by atoms with E-state index < -0.39 is 0 Å². The third-order valence-electron chi connectivity index (χ3n) is 2.63. The van der Waals surface area contributed by atoms with Gasteiger partial charge < -0.3 is 4.74 Å². The number of methoxy groups -OCH3 is 1. The Morgan fingerprint density at radius 1 is 1.43 bits per heavy atom. The van der Waals surface area contributed by atoms with Gasteiger partial charge in [0.1, 0.15) is 11.4 Å². The number of ether oxygens (including phenoxy) is 1. The van der Waals surface area contributed by atoms with Crippen molar-refractivity contribution < 1.29 is 9.53 Å². The van der Waals surface area contributed by atoms with Crippen molar-refractivity contribution in [3.8, 4) is 5.75 Å². The highest BCUT2D eigenvalue weighted by atomic mass is 16.5. The van der Waals surface area contributed by atoms with Crippen molar-refractivity contribution in [3.63, 3.8) is 0 Å². The normalized spacial score (nSPS) is 14.6. The molecule has 0 saturated carbocycles. The number of aryl methyl sites for hydroxylation is 2. The molecule has 0 aliphatic heterocycles. The van der Waals surface area contributed by atoms with Crippen molar-refractivity contribution in [1.29, 1.82) is 0 Å². The van der Waals surface area contributed by atoms with Gasteiger partial charge in [0.15, 0.2) is 6.29 Å². The number of carbonyl (C=O) groups excluding carboxylic acids is 1. The van der Waals surface area contributed by atoms with E-state index >= 15 is 0 Å². The molecule has 0 fully saturated rings. The Morgan fingerprint density at radius 2 is 2.21 bits per heavy atom. The molecular weight excluding hydrogens is 178 g/mol.